The molecule has 31 heavy (non-hydrogen) atoms. The second kappa shape index (κ2) is 9.07. The van der Waals surface area contributed by atoms with E-state index in [2.05, 4.69) is 10.1 Å². The number of likely N-dealkylation sites (tertiary alicyclic amines) is 1. The van der Waals surface area contributed by atoms with Crippen LogP contribution in [-0.4, -0.2) is 41.8 Å². The normalized spacial score (nSPS) is 15.9. The maximum absolute atomic E-state index is 12.5. The molecule has 0 aliphatic carbocycles. The van der Waals surface area contributed by atoms with Gasteiger partial charge in [0.25, 0.3) is 0 Å². The Balaban J connectivity index is 1.55. The van der Waals surface area contributed by atoms with E-state index in [0.29, 0.717) is 49.2 Å². The van der Waals surface area contributed by atoms with Crippen LogP contribution in [0.25, 0.3) is 11.4 Å². The molecule has 0 saturated carbocycles. The summed E-state index contributed by atoms with van der Waals surface area (Å²) in [6.07, 6.45) is 1.10. The lowest BCUT2D eigenvalue weighted by Crippen LogP contribution is -2.27. The van der Waals surface area contributed by atoms with Crippen molar-refractivity contribution in [3.63, 3.8) is 0 Å². The molecule has 0 bridgehead atoms. The second-order valence-electron chi connectivity index (χ2n) is 7.18. The van der Waals surface area contributed by atoms with E-state index in [-0.39, 0.29) is 11.9 Å². The van der Waals surface area contributed by atoms with Crippen molar-refractivity contribution in [1.82, 2.24) is 15.0 Å². The Morgan fingerprint density at radius 1 is 1.10 bits per heavy atom. The first-order chi connectivity index (χ1) is 15.1. The Morgan fingerprint density at radius 3 is 2.61 bits per heavy atom. The minimum absolute atomic E-state index is 0.0725. The van der Waals surface area contributed by atoms with Crippen molar-refractivity contribution < 1.29 is 23.5 Å². The quantitative estimate of drug-likeness (QED) is 0.541. The highest BCUT2D eigenvalue weighted by molar-refractivity contribution is 5.79. The highest BCUT2D eigenvalue weighted by Gasteiger charge is 2.36. The molecule has 2 heterocycles. The van der Waals surface area contributed by atoms with E-state index in [9.17, 15) is 4.79 Å². The van der Waals surface area contributed by atoms with E-state index < -0.39 is 0 Å². The number of carbonyl (C=O) groups excluding carboxylic acids is 1. The van der Waals surface area contributed by atoms with Gasteiger partial charge in [-0.3, -0.25) is 4.79 Å². The van der Waals surface area contributed by atoms with Crippen LogP contribution in [0, 0.1) is 0 Å². The molecular formula is C23H25N3O5. The Labute approximate surface area is 180 Å². The van der Waals surface area contributed by atoms with Crippen molar-refractivity contribution >= 4 is 5.91 Å². The van der Waals surface area contributed by atoms with Crippen molar-refractivity contribution in [2.45, 2.75) is 32.4 Å². The summed E-state index contributed by atoms with van der Waals surface area (Å²) in [6, 6.07) is 12.9. The predicted octanol–water partition coefficient (Wildman–Crippen LogP) is 4.02. The fourth-order valence-electron chi connectivity index (χ4n) is 3.69. The monoisotopic (exact) mass is 423 g/mol. The number of aromatic nitrogens is 2. The van der Waals surface area contributed by atoms with Crippen LogP contribution in [0.15, 0.2) is 47.0 Å². The lowest BCUT2D eigenvalue weighted by Gasteiger charge is -2.22. The molecule has 4 rings (SSSR count). The number of benzene rings is 2. The summed E-state index contributed by atoms with van der Waals surface area (Å²) >= 11 is 0. The molecule has 0 radical (unpaired) electrons. The Bertz CT molecular complexity index is 1050. The molecule has 3 aromatic rings. The van der Waals surface area contributed by atoms with Gasteiger partial charge < -0.3 is 23.6 Å². The third kappa shape index (κ3) is 4.33. The van der Waals surface area contributed by atoms with E-state index >= 15 is 0 Å². The summed E-state index contributed by atoms with van der Waals surface area (Å²) in [5, 5.41) is 4.13. The molecule has 1 aromatic heterocycles. The van der Waals surface area contributed by atoms with Crippen LogP contribution in [0.3, 0.4) is 0 Å². The molecule has 1 unspecified atom stereocenters. The summed E-state index contributed by atoms with van der Waals surface area (Å²) in [7, 11) is 3.21. The molecule has 0 N–H and O–H groups in total. The third-order valence-electron chi connectivity index (χ3n) is 5.29. The van der Waals surface area contributed by atoms with E-state index in [1.165, 1.54) is 0 Å². The summed E-state index contributed by atoms with van der Waals surface area (Å²) < 4.78 is 21.7. The molecule has 8 heteroatoms. The lowest BCUT2D eigenvalue weighted by molar-refractivity contribution is -0.129. The van der Waals surface area contributed by atoms with Gasteiger partial charge in [0, 0.05) is 18.5 Å². The fraction of sp³-hybridized carbons (Fsp3) is 0.348. The Kier molecular flexibility index (Phi) is 6.06. The zero-order chi connectivity index (χ0) is 21.8. The molecule has 1 saturated heterocycles. The molecule has 8 nitrogen and oxygen atoms in total. The van der Waals surface area contributed by atoms with Gasteiger partial charge in [-0.05, 0) is 49.2 Å². The average Bonchev–Trinajstić information content (AvgIpc) is 3.42. The first kappa shape index (κ1) is 20.7. The van der Waals surface area contributed by atoms with Crippen molar-refractivity contribution in [2.24, 2.45) is 0 Å². The summed E-state index contributed by atoms with van der Waals surface area (Å²) in [4.78, 5) is 18.9. The first-order valence-electron chi connectivity index (χ1n) is 10.2. The van der Waals surface area contributed by atoms with Crippen LogP contribution in [0.4, 0.5) is 0 Å². The van der Waals surface area contributed by atoms with Gasteiger partial charge in [-0.1, -0.05) is 17.3 Å². The SMILES string of the molecule is CCOc1ccc(-c2noc(C3CCC(=O)N3Cc3ccc(OC)cc3)n2)cc1OC. The van der Waals surface area contributed by atoms with Gasteiger partial charge in [0.1, 0.15) is 11.8 Å². The summed E-state index contributed by atoms with van der Waals surface area (Å²) in [5.74, 6) is 2.98. The smallest absolute Gasteiger partial charge is 0.249 e. The summed E-state index contributed by atoms with van der Waals surface area (Å²) in [6.45, 7) is 2.93. The molecule has 1 aliphatic rings. The molecule has 1 aliphatic heterocycles. The van der Waals surface area contributed by atoms with Crippen molar-refractivity contribution in [3.8, 4) is 28.6 Å². The lowest BCUT2D eigenvalue weighted by atomic mass is 10.1. The Hall–Kier alpha value is -3.55. The minimum atomic E-state index is -0.250. The third-order valence-corrected chi connectivity index (χ3v) is 5.29. The highest BCUT2D eigenvalue weighted by Crippen LogP contribution is 2.36. The van der Waals surface area contributed by atoms with E-state index in [0.717, 1.165) is 16.9 Å². The van der Waals surface area contributed by atoms with Gasteiger partial charge in [0.05, 0.1) is 20.8 Å². The zero-order valence-electron chi connectivity index (χ0n) is 17.8. The van der Waals surface area contributed by atoms with Crippen LogP contribution >= 0.6 is 0 Å². The van der Waals surface area contributed by atoms with Gasteiger partial charge in [0.15, 0.2) is 11.5 Å². The second-order valence-corrected chi connectivity index (χ2v) is 7.18. The number of hydrogen-bond donors (Lipinski definition) is 0. The molecule has 162 valence electrons. The minimum Gasteiger partial charge on any atom is -0.497 e. The van der Waals surface area contributed by atoms with Gasteiger partial charge in [-0.15, -0.1) is 0 Å². The van der Waals surface area contributed by atoms with Gasteiger partial charge in [0.2, 0.25) is 17.6 Å². The maximum Gasteiger partial charge on any atom is 0.249 e. The van der Waals surface area contributed by atoms with Crippen LogP contribution in [0.2, 0.25) is 0 Å². The predicted molar refractivity (Wildman–Crippen MR) is 113 cm³/mol. The number of hydrogen-bond acceptors (Lipinski definition) is 7. The number of ether oxygens (including phenoxy) is 3. The standard InChI is InChI=1S/C23H25N3O5/c1-4-30-19-11-7-16(13-20(19)29-3)22-24-23(31-25-22)18-10-12-21(27)26(18)14-15-5-8-17(28-2)9-6-15/h5-9,11,13,18H,4,10,12,14H2,1-3H3. The Morgan fingerprint density at radius 2 is 1.90 bits per heavy atom. The van der Waals surface area contributed by atoms with Crippen LogP contribution in [-0.2, 0) is 11.3 Å². The summed E-state index contributed by atoms with van der Waals surface area (Å²) in [5.41, 5.74) is 1.76. The maximum atomic E-state index is 12.5. The van der Waals surface area contributed by atoms with Crippen LogP contribution in [0.1, 0.15) is 37.3 Å². The van der Waals surface area contributed by atoms with Crippen molar-refractivity contribution in [1.29, 1.82) is 0 Å². The van der Waals surface area contributed by atoms with Gasteiger partial charge in [-0.25, -0.2) is 0 Å². The van der Waals surface area contributed by atoms with E-state index in [4.69, 9.17) is 18.7 Å². The van der Waals surface area contributed by atoms with Gasteiger partial charge >= 0.3 is 0 Å². The van der Waals surface area contributed by atoms with E-state index in [1.807, 2.05) is 49.4 Å². The average molecular weight is 423 g/mol. The van der Waals surface area contributed by atoms with Gasteiger partial charge in [-0.2, -0.15) is 4.98 Å². The fourth-order valence-corrected chi connectivity index (χ4v) is 3.69. The zero-order valence-corrected chi connectivity index (χ0v) is 17.8. The largest absolute Gasteiger partial charge is 0.497 e. The molecule has 2 aromatic carbocycles. The molecular weight excluding hydrogens is 398 g/mol. The molecule has 1 amide bonds. The van der Waals surface area contributed by atoms with Crippen LogP contribution in [0.5, 0.6) is 17.2 Å². The molecule has 1 fully saturated rings. The number of amides is 1. The highest BCUT2D eigenvalue weighted by atomic mass is 16.5. The number of carbonyl (C=O) groups is 1. The number of rotatable bonds is 8. The molecule has 0 spiro atoms. The van der Waals surface area contributed by atoms with Crippen LogP contribution < -0.4 is 14.2 Å². The van der Waals surface area contributed by atoms with E-state index in [1.54, 1.807) is 19.1 Å². The topological polar surface area (TPSA) is 86.9 Å². The van der Waals surface area contributed by atoms with Crippen molar-refractivity contribution in [3.05, 3.63) is 53.9 Å². The number of methoxy groups -OCH3 is 2. The number of nitrogens with zero attached hydrogens (tertiary/aromatic N) is 3. The first-order valence-corrected chi connectivity index (χ1v) is 10.2. The molecule has 1 atom stereocenters. The van der Waals surface area contributed by atoms with Crippen molar-refractivity contribution in [2.75, 3.05) is 20.8 Å².